The smallest absolute Gasteiger partial charge is 0.196 e. The van der Waals surface area contributed by atoms with Crippen molar-refractivity contribution in [3.05, 3.63) is 77.2 Å². The van der Waals surface area contributed by atoms with E-state index in [0.717, 1.165) is 12.8 Å². The zero-order valence-corrected chi connectivity index (χ0v) is 20.9. The molecule has 0 radical (unpaired) electrons. The fraction of sp³-hybridized carbons (Fsp3) is 0.296. The number of benzene rings is 2. The van der Waals surface area contributed by atoms with Crippen LogP contribution >= 0.6 is 11.6 Å². The maximum absolute atomic E-state index is 13.5. The molecule has 3 heterocycles. The summed E-state index contributed by atoms with van der Waals surface area (Å²) in [6, 6.07) is 14.4. The van der Waals surface area contributed by atoms with Crippen LogP contribution in [0.4, 0.5) is 5.82 Å². The SMILES string of the molecule is O=C(c1ccc(Oc2ccccc2)cc1Cl)c1c[nH]c2ncnc(N[C@@H]3CC[C@@H](CNCCO)OC3)c12. The van der Waals surface area contributed by atoms with Gasteiger partial charge in [0.1, 0.15) is 29.3 Å². The minimum Gasteiger partial charge on any atom is -0.457 e. The van der Waals surface area contributed by atoms with E-state index in [-0.39, 0.29) is 24.5 Å². The largest absolute Gasteiger partial charge is 0.457 e. The molecule has 192 valence electrons. The molecule has 4 aromatic rings. The van der Waals surface area contributed by atoms with Crippen molar-refractivity contribution < 1.29 is 19.4 Å². The molecule has 2 atom stereocenters. The molecule has 1 fully saturated rings. The third-order valence-corrected chi connectivity index (χ3v) is 6.56. The normalized spacial score (nSPS) is 17.6. The third-order valence-electron chi connectivity index (χ3n) is 6.25. The standard InChI is InChI=1S/C27H28ClN5O4/c28-23-12-19(37-18-4-2-1-3-5-18)8-9-21(23)25(35)22-14-30-26-24(22)27(32-16-31-26)33-17-6-7-20(36-15-17)13-29-10-11-34/h1-5,8-9,12,14,16-17,20,29,34H,6-7,10-11,13,15H2,(H2,30,31,32,33)/t17-,20+/m1/s1. The van der Waals surface area contributed by atoms with Gasteiger partial charge in [0, 0.05) is 30.9 Å². The summed E-state index contributed by atoms with van der Waals surface area (Å²) < 4.78 is 11.8. The van der Waals surface area contributed by atoms with Gasteiger partial charge in [-0.1, -0.05) is 29.8 Å². The molecule has 0 aliphatic carbocycles. The molecule has 2 aromatic carbocycles. The van der Waals surface area contributed by atoms with E-state index in [9.17, 15) is 4.79 Å². The van der Waals surface area contributed by atoms with Crippen molar-refractivity contribution in [1.29, 1.82) is 0 Å². The van der Waals surface area contributed by atoms with Crippen LogP contribution in [0.3, 0.4) is 0 Å². The number of aliphatic hydroxyl groups excluding tert-OH is 1. The Balaban J connectivity index is 1.32. The van der Waals surface area contributed by atoms with Crippen molar-refractivity contribution >= 4 is 34.2 Å². The number of halogens is 1. The molecule has 2 aromatic heterocycles. The number of nitrogens with zero attached hydrogens (tertiary/aromatic N) is 2. The Labute approximate surface area is 219 Å². The lowest BCUT2D eigenvalue weighted by atomic mass is 10.0. The van der Waals surface area contributed by atoms with Crippen LogP contribution in [-0.2, 0) is 4.74 Å². The number of nitrogens with one attached hydrogen (secondary N) is 3. The minimum absolute atomic E-state index is 0.0445. The van der Waals surface area contributed by atoms with Crippen LogP contribution in [0.25, 0.3) is 11.0 Å². The molecule has 1 aliphatic rings. The van der Waals surface area contributed by atoms with E-state index < -0.39 is 0 Å². The van der Waals surface area contributed by atoms with E-state index in [0.29, 0.717) is 64.2 Å². The van der Waals surface area contributed by atoms with Crippen LogP contribution in [-0.4, -0.2) is 64.3 Å². The number of aliphatic hydroxyl groups is 1. The van der Waals surface area contributed by atoms with Gasteiger partial charge in [-0.3, -0.25) is 4.79 Å². The number of carbonyl (C=O) groups is 1. The predicted octanol–water partition coefficient (Wildman–Crippen LogP) is 4.18. The number of rotatable bonds is 10. The first-order valence-corrected chi connectivity index (χ1v) is 12.6. The number of carbonyl (C=O) groups excluding carboxylic acids is 1. The maximum Gasteiger partial charge on any atom is 0.196 e. The molecule has 0 amide bonds. The number of hydrogen-bond donors (Lipinski definition) is 4. The summed E-state index contributed by atoms with van der Waals surface area (Å²) in [5, 5.41) is 16.4. The Morgan fingerprint density at radius 2 is 2.00 bits per heavy atom. The highest BCUT2D eigenvalue weighted by atomic mass is 35.5. The number of ether oxygens (including phenoxy) is 2. The second-order valence-electron chi connectivity index (χ2n) is 8.84. The molecule has 0 saturated carbocycles. The molecular weight excluding hydrogens is 494 g/mol. The van der Waals surface area contributed by atoms with E-state index >= 15 is 0 Å². The van der Waals surface area contributed by atoms with Gasteiger partial charge in [-0.2, -0.15) is 0 Å². The van der Waals surface area contributed by atoms with Crippen molar-refractivity contribution in [1.82, 2.24) is 20.3 Å². The Bertz CT molecular complexity index is 1360. The molecule has 0 unspecified atom stereocenters. The summed E-state index contributed by atoms with van der Waals surface area (Å²) >= 11 is 6.52. The molecule has 1 aliphatic heterocycles. The lowest BCUT2D eigenvalue weighted by molar-refractivity contribution is 0.00993. The molecular formula is C27H28ClN5O4. The summed E-state index contributed by atoms with van der Waals surface area (Å²) in [6.07, 6.45) is 4.96. The van der Waals surface area contributed by atoms with Crippen molar-refractivity contribution in [2.45, 2.75) is 25.0 Å². The molecule has 10 heteroatoms. The summed E-state index contributed by atoms with van der Waals surface area (Å²) in [5.74, 6) is 1.55. The molecule has 0 bridgehead atoms. The first kappa shape index (κ1) is 25.2. The van der Waals surface area contributed by atoms with E-state index in [1.165, 1.54) is 6.33 Å². The summed E-state index contributed by atoms with van der Waals surface area (Å²) in [5.41, 5.74) is 1.35. The van der Waals surface area contributed by atoms with Crippen LogP contribution in [0, 0.1) is 0 Å². The second-order valence-corrected chi connectivity index (χ2v) is 9.24. The monoisotopic (exact) mass is 521 g/mol. The number of aromatic amines is 1. The van der Waals surface area contributed by atoms with E-state index in [2.05, 4.69) is 25.6 Å². The highest BCUT2D eigenvalue weighted by Crippen LogP contribution is 2.32. The van der Waals surface area contributed by atoms with Crippen molar-refractivity contribution in [3.63, 3.8) is 0 Å². The third kappa shape index (κ3) is 5.91. The van der Waals surface area contributed by atoms with Crippen LogP contribution in [0.1, 0.15) is 28.8 Å². The molecule has 5 rings (SSSR count). The average Bonchev–Trinajstić information content (AvgIpc) is 3.36. The van der Waals surface area contributed by atoms with Gasteiger partial charge in [0.25, 0.3) is 0 Å². The Hall–Kier alpha value is -3.50. The topological polar surface area (TPSA) is 121 Å². The predicted molar refractivity (Wildman–Crippen MR) is 142 cm³/mol. The van der Waals surface area contributed by atoms with Gasteiger partial charge in [0.2, 0.25) is 0 Å². The number of anilines is 1. The summed E-state index contributed by atoms with van der Waals surface area (Å²) in [7, 11) is 0. The molecule has 4 N–H and O–H groups in total. The Morgan fingerprint density at radius 1 is 1.14 bits per heavy atom. The van der Waals surface area contributed by atoms with Crippen LogP contribution in [0.2, 0.25) is 5.02 Å². The van der Waals surface area contributed by atoms with Crippen molar-refractivity contribution in [2.75, 3.05) is 31.6 Å². The zero-order valence-electron chi connectivity index (χ0n) is 20.1. The zero-order chi connectivity index (χ0) is 25.6. The van der Waals surface area contributed by atoms with Gasteiger partial charge in [0.15, 0.2) is 5.78 Å². The number of H-pyrrole nitrogens is 1. The van der Waals surface area contributed by atoms with Crippen LogP contribution in [0.15, 0.2) is 61.1 Å². The quantitative estimate of drug-likeness (QED) is 0.181. The molecule has 37 heavy (non-hydrogen) atoms. The molecule has 1 saturated heterocycles. The average molecular weight is 522 g/mol. The Morgan fingerprint density at radius 3 is 2.76 bits per heavy atom. The van der Waals surface area contributed by atoms with Gasteiger partial charge in [-0.25, -0.2) is 9.97 Å². The highest BCUT2D eigenvalue weighted by Gasteiger charge is 2.25. The second kappa shape index (κ2) is 11.7. The summed E-state index contributed by atoms with van der Waals surface area (Å²) in [4.78, 5) is 25.3. The van der Waals surface area contributed by atoms with Gasteiger partial charge in [-0.05, 0) is 37.1 Å². The number of ketones is 1. The van der Waals surface area contributed by atoms with Gasteiger partial charge in [0.05, 0.1) is 41.3 Å². The number of para-hydroxylation sites is 1. The fourth-order valence-electron chi connectivity index (χ4n) is 4.38. The van der Waals surface area contributed by atoms with E-state index in [4.69, 9.17) is 26.2 Å². The van der Waals surface area contributed by atoms with Gasteiger partial charge < -0.3 is 30.2 Å². The lowest BCUT2D eigenvalue weighted by Crippen LogP contribution is -2.40. The maximum atomic E-state index is 13.5. The summed E-state index contributed by atoms with van der Waals surface area (Å²) in [6.45, 7) is 1.88. The lowest BCUT2D eigenvalue weighted by Gasteiger charge is -2.30. The van der Waals surface area contributed by atoms with Gasteiger partial charge in [-0.15, -0.1) is 0 Å². The van der Waals surface area contributed by atoms with Gasteiger partial charge >= 0.3 is 0 Å². The number of aromatic nitrogens is 3. The van der Waals surface area contributed by atoms with Crippen LogP contribution in [0.5, 0.6) is 11.5 Å². The van der Waals surface area contributed by atoms with Crippen LogP contribution < -0.4 is 15.4 Å². The number of fused-ring (bicyclic) bond motifs is 1. The molecule has 0 spiro atoms. The fourth-order valence-corrected chi connectivity index (χ4v) is 4.64. The van der Waals surface area contributed by atoms with E-state index in [1.807, 2.05) is 30.3 Å². The van der Waals surface area contributed by atoms with Crippen molar-refractivity contribution in [3.8, 4) is 11.5 Å². The van der Waals surface area contributed by atoms with E-state index in [1.54, 1.807) is 24.4 Å². The Kier molecular flexibility index (Phi) is 7.96. The van der Waals surface area contributed by atoms with Crippen molar-refractivity contribution in [2.24, 2.45) is 0 Å². The molecule has 9 nitrogen and oxygen atoms in total. The minimum atomic E-state index is -0.240. The highest BCUT2D eigenvalue weighted by molar-refractivity contribution is 6.35. The number of hydrogen-bond acceptors (Lipinski definition) is 8. The first-order valence-electron chi connectivity index (χ1n) is 12.2. The first-order chi connectivity index (χ1) is 18.1.